The molecule has 0 aliphatic carbocycles. The van der Waals surface area contributed by atoms with Crippen molar-refractivity contribution in [2.45, 2.75) is 34.6 Å². The van der Waals surface area contributed by atoms with Crippen molar-refractivity contribution in [2.24, 2.45) is 0 Å². The smallest absolute Gasteiger partial charge is 0.0303 e. The lowest BCUT2D eigenvalue weighted by Gasteiger charge is -1.87. The van der Waals surface area contributed by atoms with Crippen LogP contribution in [-0.4, -0.2) is 0 Å². The van der Waals surface area contributed by atoms with Crippen LogP contribution in [0, 0.1) is 0 Å². The first kappa shape index (κ1) is 19.3. The summed E-state index contributed by atoms with van der Waals surface area (Å²) in [5.41, 5.74) is 1.24. The van der Waals surface area contributed by atoms with Gasteiger partial charge in [0.15, 0.2) is 0 Å². The van der Waals surface area contributed by atoms with E-state index < -0.39 is 0 Å². The second-order valence-corrected chi connectivity index (χ2v) is 2.17. The van der Waals surface area contributed by atoms with E-state index >= 15 is 0 Å². The maximum atomic E-state index is 3.00. The van der Waals surface area contributed by atoms with Crippen molar-refractivity contribution in [1.82, 2.24) is 0 Å². The van der Waals surface area contributed by atoms with E-state index in [4.69, 9.17) is 0 Å². The Morgan fingerprint density at radius 2 is 1.33 bits per heavy atom. The SMILES string of the molecule is C/C=C(\C=C/C=C/C)/C=C/C.C=C.CC. The number of rotatable bonds is 3. The first-order valence-corrected chi connectivity index (χ1v) is 5.43. The fourth-order valence-electron chi connectivity index (χ4n) is 0.718. The van der Waals surface area contributed by atoms with Crippen LogP contribution in [0.15, 0.2) is 61.3 Å². The fraction of sp³-hybridized carbons (Fsp3) is 0.333. The van der Waals surface area contributed by atoms with Gasteiger partial charge in [-0.2, -0.15) is 0 Å². The molecule has 0 saturated heterocycles. The summed E-state index contributed by atoms with van der Waals surface area (Å²) in [6.45, 7) is 16.1. The van der Waals surface area contributed by atoms with Crippen LogP contribution in [0.4, 0.5) is 0 Å². The summed E-state index contributed by atoms with van der Waals surface area (Å²) in [4.78, 5) is 0. The number of hydrogen-bond acceptors (Lipinski definition) is 0. The predicted molar refractivity (Wildman–Crippen MR) is 75.1 cm³/mol. The number of allylic oxidation sites excluding steroid dienone is 8. The highest BCUT2D eigenvalue weighted by molar-refractivity contribution is 5.31. The lowest BCUT2D eigenvalue weighted by Crippen LogP contribution is -1.67. The zero-order chi connectivity index (χ0) is 12.5. The summed E-state index contributed by atoms with van der Waals surface area (Å²) in [7, 11) is 0. The van der Waals surface area contributed by atoms with Gasteiger partial charge in [-0.15, -0.1) is 13.2 Å². The minimum atomic E-state index is 1.24. The Labute approximate surface area is 96.4 Å². The average Bonchev–Trinajstić information content (AvgIpc) is 2.33. The highest BCUT2D eigenvalue weighted by Crippen LogP contribution is 1.98. The minimum Gasteiger partial charge on any atom is -0.106 e. The first-order valence-electron chi connectivity index (χ1n) is 5.43. The van der Waals surface area contributed by atoms with E-state index in [-0.39, 0.29) is 0 Å². The molecule has 0 aromatic carbocycles. The molecule has 0 spiro atoms. The molecular weight excluding hydrogens is 180 g/mol. The second-order valence-electron chi connectivity index (χ2n) is 2.17. The molecule has 0 fully saturated rings. The van der Waals surface area contributed by atoms with Gasteiger partial charge >= 0.3 is 0 Å². The van der Waals surface area contributed by atoms with Gasteiger partial charge in [-0.3, -0.25) is 0 Å². The van der Waals surface area contributed by atoms with Crippen molar-refractivity contribution in [3.63, 3.8) is 0 Å². The zero-order valence-corrected chi connectivity index (χ0v) is 11.0. The molecule has 0 aliphatic rings. The van der Waals surface area contributed by atoms with Crippen LogP contribution in [0.25, 0.3) is 0 Å². The lowest BCUT2D eigenvalue weighted by molar-refractivity contribution is 1.50. The Hall–Kier alpha value is -1.30. The van der Waals surface area contributed by atoms with E-state index in [1.54, 1.807) is 0 Å². The molecule has 0 radical (unpaired) electrons. The molecule has 0 bridgehead atoms. The van der Waals surface area contributed by atoms with Gasteiger partial charge in [0.2, 0.25) is 0 Å². The second kappa shape index (κ2) is 23.0. The van der Waals surface area contributed by atoms with Crippen LogP contribution >= 0.6 is 0 Å². The molecule has 86 valence electrons. The Bertz CT molecular complexity index is 202. The van der Waals surface area contributed by atoms with Crippen molar-refractivity contribution in [3.8, 4) is 0 Å². The van der Waals surface area contributed by atoms with Crippen molar-refractivity contribution in [1.29, 1.82) is 0 Å². The summed E-state index contributed by atoms with van der Waals surface area (Å²) < 4.78 is 0. The largest absolute Gasteiger partial charge is 0.106 e. The van der Waals surface area contributed by atoms with Crippen molar-refractivity contribution < 1.29 is 0 Å². The monoisotopic (exact) mass is 206 g/mol. The van der Waals surface area contributed by atoms with E-state index in [1.807, 2.05) is 58.9 Å². The Kier molecular flexibility index (Phi) is 29.6. The van der Waals surface area contributed by atoms with Gasteiger partial charge in [0.25, 0.3) is 0 Å². The van der Waals surface area contributed by atoms with E-state index in [0.29, 0.717) is 0 Å². The van der Waals surface area contributed by atoms with Crippen LogP contribution in [0.1, 0.15) is 34.6 Å². The molecule has 15 heavy (non-hydrogen) atoms. The quantitative estimate of drug-likeness (QED) is 0.424. The highest BCUT2D eigenvalue weighted by Gasteiger charge is 1.77. The zero-order valence-electron chi connectivity index (χ0n) is 11.0. The third-order valence-corrected chi connectivity index (χ3v) is 1.28. The Morgan fingerprint density at radius 1 is 0.800 bits per heavy atom. The molecule has 0 saturated carbocycles. The van der Waals surface area contributed by atoms with Crippen LogP contribution in [0.3, 0.4) is 0 Å². The molecule has 0 rings (SSSR count). The number of hydrogen-bond donors (Lipinski definition) is 0. The van der Waals surface area contributed by atoms with E-state index in [9.17, 15) is 0 Å². The topological polar surface area (TPSA) is 0 Å². The molecule has 0 unspecified atom stereocenters. The summed E-state index contributed by atoms with van der Waals surface area (Å²) in [5.74, 6) is 0. The Morgan fingerprint density at radius 3 is 1.67 bits per heavy atom. The fourth-order valence-corrected chi connectivity index (χ4v) is 0.718. The van der Waals surface area contributed by atoms with E-state index in [1.165, 1.54) is 5.57 Å². The molecule has 0 nitrogen and oxygen atoms in total. The van der Waals surface area contributed by atoms with Crippen molar-refractivity contribution >= 4 is 0 Å². The van der Waals surface area contributed by atoms with Crippen LogP contribution in [-0.2, 0) is 0 Å². The standard InChI is InChI=1S/C11H16.C2H6.C2H4/c1-4-7-8-10-11(6-3)9-5-2;2*1-2/h4-10H,1-3H3;1-2H3;1-2H2/b7-4+,9-5+,10-8-,11-6-;;. The van der Waals surface area contributed by atoms with Gasteiger partial charge in [0.1, 0.15) is 0 Å². The predicted octanol–water partition coefficient (Wildman–Crippen LogP) is 5.47. The average molecular weight is 206 g/mol. The first-order chi connectivity index (χ1) is 7.35. The third kappa shape index (κ3) is 19.2. The van der Waals surface area contributed by atoms with Crippen LogP contribution in [0.5, 0.6) is 0 Å². The lowest BCUT2D eigenvalue weighted by atomic mass is 10.2. The maximum Gasteiger partial charge on any atom is -0.0303 e. The third-order valence-electron chi connectivity index (χ3n) is 1.28. The molecule has 0 aromatic rings. The highest BCUT2D eigenvalue weighted by atomic mass is 13.8. The molecular formula is C15H26. The normalized spacial score (nSPS) is 11.1. The van der Waals surface area contributed by atoms with E-state index in [0.717, 1.165) is 0 Å². The molecule has 0 heterocycles. The molecule has 0 aromatic heterocycles. The van der Waals surface area contributed by atoms with Gasteiger partial charge in [-0.1, -0.05) is 56.4 Å². The summed E-state index contributed by atoms with van der Waals surface area (Å²) in [6.07, 6.45) is 14.4. The summed E-state index contributed by atoms with van der Waals surface area (Å²) >= 11 is 0. The van der Waals surface area contributed by atoms with Gasteiger partial charge in [-0.25, -0.2) is 0 Å². The van der Waals surface area contributed by atoms with E-state index in [2.05, 4.69) is 31.4 Å². The molecule has 0 amide bonds. The molecule has 0 heteroatoms. The van der Waals surface area contributed by atoms with Gasteiger partial charge in [0.05, 0.1) is 0 Å². The Balaban J connectivity index is -0.000000318. The van der Waals surface area contributed by atoms with Crippen LogP contribution in [0.2, 0.25) is 0 Å². The summed E-state index contributed by atoms with van der Waals surface area (Å²) in [5, 5.41) is 0. The minimum absolute atomic E-state index is 1.24. The van der Waals surface area contributed by atoms with Gasteiger partial charge < -0.3 is 0 Å². The maximum absolute atomic E-state index is 3.00. The molecule has 0 N–H and O–H groups in total. The van der Waals surface area contributed by atoms with Crippen molar-refractivity contribution in [2.75, 3.05) is 0 Å². The van der Waals surface area contributed by atoms with Crippen molar-refractivity contribution in [3.05, 3.63) is 61.3 Å². The van der Waals surface area contributed by atoms with Gasteiger partial charge in [-0.05, 0) is 26.3 Å². The molecule has 0 atom stereocenters. The van der Waals surface area contributed by atoms with Gasteiger partial charge in [0, 0.05) is 0 Å². The van der Waals surface area contributed by atoms with Crippen LogP contribution < -0.4 is 0 Å². The molecule has 0 aliphatic heterocycles. The summed E-state index contributed by atoms with van der Waals surface area (Å²) in [6, 6.07) is 0.